The van der Waals surface area contributed by atoms with Gasteiger partial charge in [0.25, 0.3) is 5.91 Å². The zero-order valence-corrected chi connectivity index (χ0v) is 17.4. The van der Waals surface area contributed by atoms with E-state index in [2.05, 4.69) is 18.8 Å². The molecule has 4 rings (SSSR count). The van der Waals surface area contributed by atoms with Gasteiger partial charge in [-0.25, -0.2) is 4.39 Å². The fraction of sp³-hybridized carbons (Fsp3) is 0.360. The van der Waals surface area contributed by atoms with Crippen LogP contribution in [-0.2, 0) is 4.79 Å². The van der Waals surface area contributed by atoms with Gasteiger partial charge in [0.15, 0.2) is 0 Å². The van der Waals surface area contributed by atoms with Crippen molar-refractivity contribution in [3.8, 4) is 11.8 Å². The molecule has 0 radical (unpaired) electrons. The minimum absolute atomic E-state index is 0.0684. The largest absolute Gasteiger partial charge is 0.394 e. The summed E-state index contributed by atoms with van der Waals surface area (Å²) in [6.45, 7) is 2.23. The molecule has 6 heteroatoms. The Morgan fingerprint density at radius 3 is 2.68 bits per heavy atom. The van der Waals surface area contributed by atoms with E-state index < -0.39 is 5.82 Å². The number of rotatable bonds is 4. The molecule has 5 nitrogen and oxygen atoms in total. The molecule has 2 amide bonds. The molecule has 3 atom stereocenters. The third kappa shape index (κ3) is 4.06. The van der Waals surface area contributed by atoms with Gasteiger partial charge in [0.05, 0.1) is 18.7 Å². The average molecular weight is 420 g/mol. The van der Waals surface area contributed by atoms with Crippen LogP contribution >= 0.6 is 0 Å². The topological polar surface area (TPSA) is 60.9 Å². The number of unbranched alkanes of at least 4 members (excludes halogenated alkanes) is 1. The van der Waals surface area contributed by atoms with Crippen LogP contribution in [0.15, 0.2) is 48.5 Å². The van der Waals surface area contributed by atoms with Crippen molar-refractivity contribution in [1.82, 2.24) is 9.80 Å². The molecule has 0 aromatic heterocycles. The Morgan fingerprint density at radius 2 is 2.00 bits per heavy atom. The predicted molar refractivity (Wildman–Crippen MR) is 115 cm³/mol. The predicted octanol–water partition coefficient (Wildman–Crippen LogP) is 2.79. The molecule has 2 aromatic carbocycles. The van der Waals surface area contributed by atoms with E-state index in [9.17, 15) is 19.1 Å². The number of hydrogen-bond acceptors (Lipinski definition) is 3. The number of carbonyl (C=O) groups is 2. The molecule has 0 aliphatic carbocycles. The summed E-state index contributed by atoms with van der Waals surface area (Å²) >= 11 is 0. The third-order valence-corrected chi connectivity index (χ3v) is 6.01. The van der Waals surface area contributed by atoms with Crippen molar-refractivity contribution in [2.45, 2.75) is 37.8 Å². The Hall–Kier alpha value is -3.17. The molecule has 160 valence electrons. The van der Waals surface area contributed by atoms with Crippen molar-refractivity contribution in [1.29, 1.82) is 0 Å². The highest BCUT2D eigenvalue weighted by Crippen LogP contribution is 2.43. The number of aliphatic hydroxyl groups excluding tert-OH is 1. The van der Waals surface area contributed by atoms with E-state index in [0.717, 1.165) is 24.0 Å². The molecule has 0 unspecified atom stereocenters. The van der Waals surface area contributed by atoms with E-state index in [1.807, 2.05) is 24.3 Å². The van der Waals surface area contributed by atoms with Crippen LogP contribution in [0, 0.1) is 17.7 Å². The van der Waals surface area contributed by atoms with E-state index >= 15 is 0 Å². The Labute approximate surface area is 181 Å². The normalized spacial score (nSPS) is 22.3. The maximum absolute atomic E-state index is 13.5. The number of aliphatic hydroxyl groups is 1. The summed E-state index contributed by atoms with van der Waals surface area (Å²) in [6.07, 6.45) is 1.87. The van der Waals surface area contributed by atoms with Gasteiger partial charge in [-0.05, 0) is 42.3 Å². The molecular weight excluding hydrogens is 395 g/mol. The molecule has 1 N–H and O–H groups in total. The summed E-state index contributed by atoms with van der Waals surface area (Å²) in [6, 6.07) is 12.9. The van der Waals surface area contributed by atoms with Gasteiger partial charge in [-0.15, -0.1) is 0 Å². The van der Waals surface area contributed by atoms with Crippen LogP contribution in [0.5, 0.6) is 0 Å². The first-order valence-electron chi connectivity index (χ1n) is 10.6. The lowest BCUT2D eigenvalue weighted by Gasteiger charge is -2.58. The zero-order chi connectivity index (χ0) is 22.0. The van der Waals surface area contributed by atoms with E-state index in [-0.39, 0.29) is 48.5 Å². The number of benzene rings is 2. The lowest BCUT2D eigenvalue weighted by molar-refractivity contribution is -0.159. The third-order valence-electron chi connectivity index (χ3n) is 6.01. The van der Waals surface area contributed by atoms with Crippen molar-refractivity contribution in [2.75, 3.05) is 19.7 Å². The zero-order valence-electron chi connectivity index (χ0n) is 17.4. The quantitative estimate of drug-likeness (QED) is 0.774. The number of piperazine rings is 1. The highest BCUT2D eigenvalue weighted by atomic mass is 19.1. The highest BCUT2D eigenvalue weighted by Gasteiger charge is 2.54. The minimum atomic E-state index is -0.486. The second-order valence-corrected chi connectivity index (χ2v) is 8.01. The van der Waals surface area contributed by atoms with E-state index in [0.29, 0.717) is 6.54 Å². The Balaban J connectivity index is 1.54. The van der Waals surface area contributed by atoms with Crippen LogP contribution in [-0.4, -0.2) is 58.5 Å². The van der Waals surface area contributed by atoms with Gasteiger partial charge in [0.1, 0.15) is 12.4 Å². The summed E-state index contributed by atoms with van der Waals surface area (Å²) < 4.78 is 13.5. The first-order valence-corrected chi connectivity index (χ1v) is 10.6. The van der Waals surface area contributed by atoms with Gasteiger partial charge in [-0.1, -0.05) is 37.0 Å². The first-order chi connectivity index (χ1) is 15.0. The number of carbonyl (C=O) groups excluding carboxylic acids is 2. The summed E-state index contributed by atoms with van der Waals surface area (Å²) in [5.74, 6) is 5.14. The van der Waals surface area contributed by atoms with Crippen molar-refractivity contribution in [2.24, 2.45) is 0 Å². The average Bonchev–Trinajstić information content (AvgIpc) is 2.76. The lowest BCUT2D eigenvalue weighted by Crippen LogP contribution is -2.73. The van der Waals surface area contributed by atoms with Gasteiger partial charge in [0, 0.05) is 30.0 Å². The number of halogens is 1. The summed E-state index contributed by atoms with van der Waals surface area (Å²) in [4.78, 5) is 28.8. The molecule has 2 aliphatic heterocycles. The molecule has 0 saturated carbocycles. The number of nitrogens with zero attached hydrogens (tertiary/aromatic N) is 2. The number of hydrogen-bond donors (Lipinski definition) is 1. The number of amides is 2. The van der Waals surface area contributed by atoms with E-state index in [4.69, 9.17) is 0 Å². The fourth-order valence-corrected chi connectivity index (χ4v) is 4.54. The van der Waals surface area contributed by atoms with Gasteiger partial charge in [0.2, 0.25) is 5.91 Å². The summed E-state index contributed by atoms with van der Waals surface area (Å²) in [5, 5.41) is 9.92. The Kier molecular flexibility index (Phi) is 6.06. The molecule has 2 aliphatic rings. The standard InChI is InChI=1S/C25H25FN2O3/c1-2-3-4-6-17-9-11-18(12-10-17)24-21-14-27(15-23(30)28(21)22(24)16-29)25(31)19-7-5-8-20(26)13-19/h5,7-13,21-22,24,29H,2-3,14-16H2,1H3/t21-,22-,24-/m0/s1. The second kappa shape index (κ2) is 8.91. The van der Waals surface area contributed by atoms with Crippen LogP contribution in [0.25, 0.3) is 0 Å². The maximum Gasteiger partial charge on any atom is 0.254 e. The highest BCUT2D eigenvalue weighted by molar-refractivity contribution is 5.97. The van der Waals surface area contributed by atoms with Crippen molar-refractivity contribution in [3.05, 3.63) is 71.0 Å². The summed E-state index contributed by atoms with van der Waals surface area (Å²) in [7, 11) is 0. The van der Waals surface area contributed by atoms with Crippen LogP contribution < -0.4 is 0 Å². The molecule has 31 heavy (non-hydrogen) atoms. The van der Waals surface area contributed by atoms with Crippen molar-refractivity contribution in [3.63, 3.8) is 0 Å². The minimum Gasteiger partial charge on any atom is -0.394 e. The SMILES string of the molecule is CCCC#Cc1ccc([C@@H]2[C@H](CO)N3C(=O)CN(C(=O)c4cccc(F)c4)C[C@@H]23)cc1. The van der Waals surface area contributed by atoms with Crippen LogP contribution in [0.4, 0.5) is 4.39 Å². The second-order valence-electron chi connectivity index (χ2n) is 8.01. The van der Waals surface area contributed by atoms with Gasteiger partial charge in [-0.2, -0.15) is 0 Å². The number of fused-ring (bicyclic) bond motifs is 1. The van der Waals surface area contributed by atoms with E-state index in [1.54, 1.807) is 11.0 Å². The molecule has 2 fully saturated rings. The summed E-state index contributed by atoms with van der Waals surface area (Å²) in [5.41, 5.74) is 2.16. The Morgan fingerprint density at radius 1 is 1.23 bits per heavy atom. The van der Waals surface area contributed by atoms with Gasteiger partial charge < -0.3 is 14.9 Å². The lowest BCUT2D eigenvalue weighted by atomic mass is 9.73. The first kappa shape index (κ1) is 21.1. The molecular formula is C25H25FN2O3. The fourth-order valence-electron chi connectivity index (χ4n) is 4.54. The monoisotopic (exact) mass is 420 g/mol. The van der Waals surface area contributed by atoms with Gasteiger partial charge in [-0.3, -0.25) is 9.59 Å². The maximum atomic E-state index is 13.5. The van der Waals surface area contributed by atoms with Crippen LogP contribution in [0.2, 0.25) is 0 Å². The Bertz CT molecular complexity index is 1040. The van der Waals surface area contributed by atoms with Crippen LogP contribution in [0.3, 0.4) is 0 Å². The molecule has 2 aromatic rings. The molecule has 0 bridgehead atoms. The molecule has 2 heterocycles. The molecule has 2 saturated heterocycles. The van der Waals surface area contributed by atoms with Crippen molar-refractivity contribution < 1.29 is 19.1 Å². The van der Waals surface area contributed by atoms with Gasteiger partial charge >= 0.3 is 0 Å². The molecule has 0 spiro atoms. The van der Waals surface area contributed by atoms with Crippen LogP contribution in [0.1, 0.15) is 47.2 Å². The van der Waals surface area contributed by atoms with Crippen molar-refractivity contribution >= 4 is 11.8 Å². The van der Waals surface area contributed by atoms with E-state index in [1.165, 1.54) is 23.1 Å². The smallest absolute Gasteiger partial charge is 0.254 e.